The summed E-state index contributed by atoms with van der Waals surface area (Å²) in [4.78, 5) is 0. The van der Waals surface area contributed by atoms with Gasteiger partial charge < -0.3 is 9.52 Å². The van der Waals surface area contributed by atoms with Crippen LogP contribution in [0.5, 0.6) is 0 Å². The van der Waals surface area contributed by atoms with E-state index in [1.54, 1.807) is 6.21 Å². The molecule has 20 heavy (non-hydrogen) atoms. The Bertz CT molecular complexity index is 733. The number of fused-ring (bicyclic) bond motifs is 1. The van der Waals surface area contributed by atoms with E-state index >= 15 is 0 Å². The van der Waals surface area contributed by atoms with Crippen LogP contribution in [0, 0.1) is 0 Å². The molecule has 0 atom stereocenters. The average molecular weight is 266 g/mol. The van der Waals surface area contributed by atoms with E-state index in [1.807, 2.05) is 54.6 Å². The Hall–Kier alpha value is -2.59. The summed E-state index contributed by atoms with van der Waals surface area (Å²) in [5.41, 5.74) is 5.63. The molecule has 0 aliphatic heterocycles. The number of rotatable bonds is 4. The van der Waals surface area contributed by atoms with Crippen LogP contribution in [0.3, 0.4) is 0 Å². The first-order valence-electron chi connectivity index (χ1n) is 6.32. The summed E-state index contributed by atoms with van der Waals surface area (Å²) in [6.07, 6.45) is 1.75. The first-order chi connectivity index (χ1) is 9.85. The highest BCUT2D eigenvalue weighted by Crippen LogP contribution is 2.20. The molecule has 0 aliphatic rings. The number of para-hydroxylation sites is 1. The molecule has 0 saturated heterocycles. The van der Waals surface area contributed by atoms with Crippen LogP contribution >= 0.6 is 0 Å². The molecule has 1 heterocycles. The Morgan fingerprint density at radius 2 is 1.95 bits per heavy atom. The Balaban J connectivity index is 1.77. The van der Waals surface area contributed by atoms with E-state index in [4.69, 9.17) is 9.52 Å². The van der Waals surface area contributed by atoms with Crippen LogP contribution in [0.25, 0.3) is 11.0 Å². The molecule has 100 valence electrons. The summed E-state index contributed by atoms with van der Waals surface area (Å²) in [6, 6.07) is 17.3. The van der Waals surface area contributed by atoms with E-state index in [2.05, 4.69) is 10.5 Å². The lowest BCUT2D eigenvalue weighted by atomic mass is 10.2. The number of nitrogens with zero attached hydrogens (tertiary/aromatic N) is 1. The van der Waals surface area contributed by atoms with Crippen molar-refractivity contribution in [1.29, 1.82) is 0 Å². The first-order valence-corrected chi connectivity index (χ1v) is 6.32. The van der Waals surface area contributed by atoms with Gasteiger partial charge in [-0.05, 0) is 42.0 Å². The molecule has 0 bridgehead atoms. The van der Waals surface area contributed by atoms with Crippen molar-refractivity contribution in [2.75, 3.05) is 5.43 Å². The van der Waals surface area contributed by atoms with Crippen LogP contribution in [0.15, 0.2) is 64.1 Å². The zero-order valence-corrected chi connectivity index (χ0v) is 10.8. The number of aliphatic hydroxyl groups excluding tert-OH is 1. The van der Waals surface area contributed by atoms with Crippen molar-refractivity contribution in [3.05, 3.63) is 65.9 Å². The normalized spacial score (nSPS) is 11.2. The van der Waals surface area contributed by atoms with Crippen molar-refractivity contribution in [3.63, 3.8) is 0 Å². The van der Waals surface area contributed by atoms with Crippen LogP contribution in [-0.2, 0) is 6.61 Å². The van der Waals surface area contributed by atoms with E-state index in [0.29, 0.717) is 5.76 Å². The van der Waals surface area contributed by atoms with Crippen LogP contribution in [-0.4, -0.2) is 11.3 Å². The topological polar surface area (TPSA) is 57.8 Å². The second kappa shape index (κ2) is 5.59. The first kappa shape index (κ1) is 12.4. The number of furan rings is 1. The maximum absolute atomic E-state index is 9.05. The largest absolute Gasteiger partial charge is 0.459 e. The van der Waals surface area contributed by atoms with E-state index in [1.165, 1.54) is 0 Å². The van der Waals surface area contributed by atoms with Crippen LogP contribution in [0.4, 0.5) is 5.69 Å². The molecule has 0 aliphatic carbocycles. The van der Waals surface area contributed by atoms with E-state index in [9.17, 15) is 0 Å². The maximum Gasteiger partial charge on any atom is 0.134 e. The summed E-state index contributed by atoms with van der Waals surface area (Å²) in [5.74, 6) is 0.566. The van der Waals surface area contributed by atoms with Gasteiger partial charge in [0, 0.05) is 5.39 Å². The fraction of sp³-hybridized carbons (Fsp3) is 0.0625. The molecule has 0 radical (unpaired) electrons. The summed E-state index contributed by atoms with van der Waals surface area (Å²) in [7, 11) is 0. The molecule has 4 heteroatoms. The maximum atomic E-state index is 9.05. The number of nitrogens with one attached hydrogen (secondary N) is 1. The standard InChI is InChI=1S/C16H14N2O2/c19-11-15-9-13-8-12(6-7-16(13)20-15)10-17-18-14-4-2-1-3-5-14/h1-10,18-19H,11H2. The van der Waals surface area contributed by atoms with Gasteiger partial charge in [-0.2, -0.15) is 5.10 Å². The van der Waals surface area contributed by atoms with E-state index in [-0.39, 0.29) is 6.61 Å². The molecule has 2 aromatic carbocycles. The second-order valence-corrected chi connectivity index (χ2v) is 4.40. The smallest absolute Gasteiger partial charge is 0.134 e. The minimum Gasteiger partial charge on any atom is -0.459 e. The molecule has 4 nitrogen and oxygen atoms in total. The molecule has 2 N–H and O–H groups in total. The minimum absolute atomic E-state index is 0.0896. The summed E-state index contributed by atoms with van der Waals surface area (Å²) in [6.45, 7) is -0.0896. The third-order valence-electron chi connectivity index (χ3n) is 2.93. The van der Waals surface area contributed by atoms with Crippen molar-refractivity contribution in [2.24, 2.45) is 5.10 Å². The van der Waals surface area contributed by atoms with Crippen molar-refractivity contribution >= 4 is 22.9 Å². The van der Waals surface area contributed by atoms with Gasteiger partial charge in [-0.1, -0.05) is 18.2 Å². The third-order valence-corrected chi connectivity index (χ3v) is 2.93. The predicted molar refractivity (Wildman–Crippen MR) is 79.8 cm³/mol. The molecule has 3 aromatic rings. The van der Waals surface area contributed by atoms with Crippen molar-refractivity contribution in [1.82, 2.24) is 0 Å². The Labute approximate surface area is 116 Å². The van der Waals surface area contributed by atoms with Gasteiger partial charge in [0.2, 0.25) is 0 Å². The number of hydrazone groups is 1. The zero-order valence-electron chi connectivity index (χ0n) is 10.8. The number of hydrogen-bond donors (Lipinski definition) is 2. The summed E-state index contributed by atoms with van der Waals surface area (Å²) >= 11 is 0. The second-order valence-electron chi connectivity index (χ2n) is 4.40. The van der Waals surface area contributed by atoms with Crippen molar-refractivity contribution in [2.45, 2.75) is 6.61 Å². The van der Waals surface area contributed by atoms with Gasteiger partial charge in [0.05, 0.1) is 11.9 Å². The lowest BCUT2D eigenvalue weighted by Crippen LogP contribution is -1.89. The molecular weight excluding hydrogens is 252 g/mol. The predicted octanol–water partition coefficient (Wildman–Crippen LogP) is 3.37. The van der Waals surface area contributed by atoms with Gasteiger partial charge in [0.15, 0.2) is 0 Å². The molecule has 3 rings (SSSR count). The minimum atomic E-state index is -0.0896. The van der Waals surface area contributed by atoms with Crippen LogP contribution in [0.2, 0.25) is 0 Å². The highest BCUT2D eigenvalue weighted by molar-refractivity contribution is 5.88. The Morgan fingerprint density at radius 1 is 1.10 bits per heavy atom. The van der Waals surface area contributed by atoms with Gasteiger partial charge in [0.25, 0.3) is 0 Å². The molecule has 0 fully saturated rings. The summed E-state index contributed by atoms with van der Waals surface area (Å²) < 4.78 is 5.44. The monoisotopic (exact) mass is 266 g/mol. The third kappa shape index (κ3) is 2.70. The molecule has 0 spiro atoms. The van der Waals surface area contributed by atoms with Gasteiger partial charge >= 0.3 is 0 Å². The van der Waals surface area contributed by atoms with Crippen LogP contribution < -0.4 is 5.43 Å². The quantitative estimate of drug-likeness (QED) is 0.562. The number of hydrogen-bond acceptors (Lipinski definition) is 4. The molecule has 0 amide bonds. The SMILES string of the molecule is OCc1cc2cc(C=NNc3ccccc3)ccc2o1. The Kier molecular flexibility index (Phi) is 3.48. The van der Waals surface area contributed by atoms with Gasteiger partial charge in [-0.15, -0.1) is 0 Å². The van der Waals surface area contributed by atoms with Crippen LogP contribution in [0.1, 0.15) is 11.3 Å². The van der Waals surface area contributed by atoms with Gasteiger partial charge in [-0.3, -0.25) is 5.43 Å². The van der Waals surface area contributed by atoms with E-state index < -0.39 is 0 Å². The highest BCUT2D eigenvalue weighted by Gasteiger charge is 2.02. The van der Waals surface area contributed by atoms with E-state index in [0.717, 1.165) is 22.2 Å². The highest BCUT2D eigenvalue weighted by atomic mass is 16.4. The van der Waals surface area contributed by atoms with Gasteiger partial charge in [-0.25, -0.2) is 0 Å². The average Bonchev–Trinajstić information content (AvgIpc) is 2.91. The van der Waals surface area contributed by atoms with Crippen molar-refractivity contribution < 1.29 is 9.52 Å². The fourth-order valence-corrected chi connectivity index (χ4v) is 1.97. The lowest BCUT2D eigenvalue weighted by molar-refractivity contribution is 0.251. The molecule has 0 unspecified atom stereocenters. The fourth-order valence-electron chi connectivity index (χ4n) is 1.97. The zero-order chi connectivity index (χ0) is 13.8. The lowest BCUT2D eigenvalue weighted by Gasteiger charge is -1.98. The summed E-state index contributed by atoms with van der Waals surface area (Å²) in [5, 5.41) is 14.2. The molecule has 0 saturated carbocycles. The molecular formula is C16H14N2O2. The Morgan fingerprint density at radius 3 is 2.75 bits per heavy atom. The molecule has 1 aromatic heterocycles. The number of benzene rings is 2. The number of aliphatic hydroxyl groups is 1. The van der Waals surface area contributed by atoms with Gasteiger partial charge in [0.1, 0.15) is 18.0 Å². The number of anilines is 1. The van der Waals surface area contributed by atoms with Crippen molar-refractivity contribution in [3.8, 4) is 0 Å².